The summed E-state index contributed by atoms with van der Waals surface area (Å²) in [5, 5.41) is 3.55. The van der Waals surface area contributed by atoms with Crippen LogP contribution in [0.25, 0.3) is 0 Å². The Bertz CT molecular complexity index is 472. The van der Waals surface area contributed by atoms with Gasteiger partial charge in [0, 0.05) is 19.1 Å². The third kappa shape index (κ3) is 5.03. The number of benzene rings is 1. The van der Waals surface area contributed by atoms with Gasteiger partial charge < -0.3 is 14.8 Å². The highest BCUT2D eigenvalue weighted by molar-refractivity contribution is 5.77. The molecule has 1 fully saturated rings. The first-order valence-corrected chi connectivity index (χ1v) is 8.43. The molecule has 0 saturated carbocycles. The normalized spacial score (nSPS) is 18.6. The van der Waals surface area contributed by atoms with E-state index >= 15 is 0 Å². The molecule has 1 aromatic rings. The lowest BCUT2D eigenvalue weighted by molar-refractivity contribution is -0.153. The number of hydrogen-bond acceptors (Lipinski definition) is 5. The van der Waals surface area contributed by atoms with Crippen molar-refractivity contribution < 1.29 is 14.3 Å². The Balaban J connectivity index is 2.31. The number of carbonyl (C=O) groups is 1. The molecule has 1 heterocycles. The summed E-state index contributed by atoms with van der Waals surface area (Å²) in [6.45, 7) is 9.22. The molecule has 1 aromatic carbocycles. The number of esters is 1. The summed E-state index contributed by atoms with van der Waals surface area (Å²) in [6, 6.07) is 9.94. The van der Waals surface area contributed by atoms with Crippen molar-refractivity contribution in [2.75, 3.05) is 32.9 Å². The van der Waals surface area contributed by atoms with Crippen LogP contribution in [-0.4, -0.2) is 55.9 Å². The molecule has 0 bridgehead atoms. The summed E-state index contributed by atoms with van der Waals surface area (Å²) >= 11 is 0. The van der Waals surface area contributed by atoms with Gasteiger partial charge in [-0.25, -0.2) is 0 Å². The van der Waals surface area contributed by atoms with Crippen LogP contribution in [0.5, 0.6) is 0 Å². The predicted octanol–water partition coefficient (Wildman–Crippen LogP) is 1.99. The van der Waals surface area contributed by atoms with Crippen LogP contribution in [0, 0.1) is 0 Å². The van der Waals surface area contributed by atoms with E-state index in [4.69, 9.17) is 9.47 Å². The van der Waals surface area contributed by atoms with Gasteiger partial charge in [0.25, 0.3) is 0 Å². The van der Waals surface area contributed by atoms with Gasteiger partial charge >= 0.3 is 5.97 Å². The Morgan fingerprint density at radius 1 is 1.26 bits per heavy atom. The molecule has 1 saturated heterocycles. The van der Waals surface area contributed by atoms with Crippen LogP contribution in [0.1, 0.15) is 32.4 Å². The number of ether oxygens (including phenoxy) is 2. The second-order valence-electron chi connectivity index (χ2n) is 6.05. The van der Waals surface area contributed by atoms with Crippen molar-refractivity contribution in [1.29, 1.82) is 0 Å². The van der Waals surface area contributed by atoms with E-state index < -0.39 is 0 Å². The zero-order valence-electron chi connectivity index (χ0n) is 14.3. The number of rotatable bonds is 7. The molecule has 0 spiro atoms. The highest BCUT2D eigenvalue weighted by Crippen LogP contribution is 2.24. The maximum Gasteiger partial charge on any atom is 0.325 e. The van der Waals surface area contributed by atoms with Crippen LogP contribution in [0.2, 0.25) is 0 Å². The van der Waals surface area contributed by atoms with Gasteiger partial charge in [-0.15, -0.1) is 0 Å². The van der Waals surface area contributed by atoms with Gasteiger partial charge in [-0.3, -0.25) is 9.69 Å². The number of morpholine rings is 1. The SMILES string of the molecule is CCOC(=O)[C@@H]([C@@H](NC(C)C)c1ccccc1)N1CCOCC1. The van der Waals surface area contributed by atoms with Gasteiger partial charge in [0.05, 0.1) is 25.9 Å². The number of nitrogens with zero attached hydrogens (tertiary/aromatic N) is 1. The molecule has 0 aliphatic carbocycles. The van der Waals surface area contributed by atoms with E-state index in [1.165, 1.54) is 0 Å². The standard InChI is InChI=1S/C18H28N2O3/c1-4-23-18(21)17(20-10-12-22-13-11-20)16(19-14(2)3)15-8-6-5-7-9-15/h5-9,14,16-17,19H,4,10-13H2,1-3H3/t16-,17+/m0/s1. The monoisotopic (exact) mass is 320 g/mol. The number of carbonyl (C=O) groups excluding carboxylic acids is 1. The Morgan fingerprint density at radius 2 is 1.91 bits per heavy atom. The molecule has 2 rings (SSSR count). The molecule has 128 valence electrons. The number of hydrogen-bond donors (Lipinski definition) is 1. The number of nitrogens with one attached hydrogen (secondary N) is 1. The fourth-order valence-electron chi connectivity index (χ4n) is 2.97. The molecule has 1 aliphatic heterocycles. The summed E-state index contributed by atoms with van der Waals surface area (Å²) in [6.07, 6.45) is 0. The fraction of sp³-hybridized carbons (Fsp3) is 0.611. The van der Waals surface area contributed by atoms with Crippen molar-refractivity contribution in [3.63, 3.8) is 0 Å². The molecule has 5 nitrogen and oxygen atoms in total. The van der Waals surface area contributed by atoms with E-state index in [0.29, 0.717) is 19.8 Å². The Labute approximate surface area is 139 Å². The minimum atomic E-state index is -0.344. The zero-order chi connectivity index (χ0) is 16.7. The molecule has 0 unspecified atom stereocenters. The van der Waals surface area contributed by atoms with Gasteiger partial charge in [0.15, 0.2) is 0 Å². The van der Waals surface area contributed by atoms with Gasteiger partial charge in [0.1, 0.15) is 6.04 Å². The van der Waals surface area contributed by atoms with Crippen LogP contribution in [-0.2, 0) is 14.3 Å². The molecule has 0 aromatic heterocycles. The maximum absolute atomic E-state index is 12.7. The topological polar surface area (TPSA) is 50.8 Å². The van der Waals surface area contributed by atoms with Crippen molar-refractivity contribution in [2.24, 2.45) is 0 Å². The third-order valence-electron chi connectivity index (χ3n) is 3.95. The van der Waals surface area contributed by atoms with Crippen molar-refractivity contribution >= 4 is 5.97 Å². The third-order valence-corrected chi connectivity index (χ3v) is 3.95. The summed E-state index contributed by atoms with van der Waals surface area (Å²) in [7, 11) is 0. The molecule has 0 amide bonds. The van der Waals surface area contributed by atoms with E-state index in [1.807, 2.05) is 25.1 Å². The van der Waals surface area contributed by atoms with E-state index in [2.05, 4.69) is 36.2 Å². The van der Waals surface area contributed by atoms with E-state index in [0.717, 1.165) is 18.7 Å². The van der Waals surface area contributed by atoms with Crippen LogP contribution in [0.15, 0.2) is 30.3 Å². The van der Waals surface area contributed by atoms with E-state index in [9.17, 15) is 4.79 Å². The van der Waals surface area contributed by atoms with Gasteiger partial charge in [-0.1, -0.05) is 44.2 Å². The van der Waals surface area contributed by atoms with Crippen LogP contribution in [0.4, 0.5) is 0 Å². The summed E-state index contributed by atoms with van der Waals surface area (Å²) in [4.78, 5) is 14.9. The molecule has 5 heteroatoms. The second kappa shape index (κ2) is 9.01. The molecular weight excluding hydrogens is 292 g/mol. The first-order chi connectivity index (χ1) is 11.1. The Hall–Kier alpha value is -1.43. The Morgan fingerprint density at radius 3 is 2.48 bits per heavy atom. The van der Waals surface area contributed by atoms with Crippen molar-refractivity contribution in [1.82, 2.24) is 10.2 Å². The largest absolute Gasteiger partial charge is 0.465 e. The van der Waals surface area contributed by atoms with Crippen LogP contribution in [0.3, 0.4) is 0 Å². The lowest BCUT2D eigenvalue weighted by Gasteiger charge is -2.38. The molecule has 0 radical (unpaired) electrons. The highest BCUT2D eigenvalue weighted by Gasteiger charge is 2.36. The van der Waals surface area contributed by atoms with Crippen molar-refractivity contribution in [2.45, 2.75) is 38.9 Å². The predicted molar refractivity (Wildman–Crippen MR) is 90.3 cm³/mol. The average molecular weight is 320 g/mol. The average Bonchev–Trinajstić information content (AvgIpc) is 2.56. The minimum Gasteiger partial charge on any atom is -0.465 e. The second-order valence-corrected chi connectivity index (χ2v) is 6.05. The van der Waals surface area contributed by atoms with Crippen molar-refractivity contribution in [3.8, 4) is 0 Å². The van der Waals surface area contributed by atoms with Gasteiger partial charge in [-0.2, -0.15) is 0 Å². The molecule has 2 atom stereocenters. The fourth-order valence-corrected chi connectivity index (χ4v) is 2.97. The van der Waals surface area contributed by atoms with Crippen LogP contribution < -0.4 is 5.32 Å². The molecule has 1 N–H and O–H groups in total. The smallest absolute Gasteiger partial charge is 0.325 e. The van der Waals surface area contributed by atoms with Gasteiger partial charge in [-0.05, 0) is 12.5 Å². The first-order valence-electron chi connectivity index (χ1n) is 8.43. The molecule has 23 heavy (non-hydrogen) atoms. The zero-order valence-corrected chi connectivity index (χ0v) is 14.3. The van der Waals surface area contributed by atoms with E-state index in [-0.39, 0.29) is 24.1 Å². The lowest BCUT2D eigenvalue weighted by Crippen LogP contribution is -2.54. The minimum absolute atomic E-state index is 0.103. The Kier molecular flexibility index (Phi) is 7.02. The summed E-state index contributed by atoms with van der Waals surface area (Å²) in [5.74, 6) is -0.170. The quantitative estimate of drug-likeness (QED) is 0.779. The summed E-state index contributed by atoms with van der Waals surface area (Å²) < 4.78 is 10.8. The van der Waals surface area contributed by atoms with Crippen LogP contribution >= 0.6 is 0 Å². The lowest BCUT2D eigenvalue weighted by atomic mass is 9.96. The summed E-state index contributed by atoms with van der Waals surface area (Å²) in [5.41, 5.74) is 1.10. The van der Waals surface area contributed by atoms with Gasteiger partial charge in [0.2, 0.25) is 0 Å². The van der Waals surface area contributed by atoms with E-state index in [1.54, 1.807) is 0 Å². The maximum atomic E-state index is 12.7. The first kappa shape index (κ1) is 17.9. The van der Waals surface area contributed by atoms with Crippen molar-refractivity contribution in [3.05, 3.63) is 35.9 Å². The molecular formula is C18H28N2O3. The molecule has 1 aliphatic rings. The highest BCUT2D eigenvalue weighted by atomic mass is 16.5.